The van der Waals surface area contributed by atoms with Crippen LogP contribution in [0.3, 0.4) is 0 Å². The number of fused-ring (bicyclic) bond motifs is 1. The summed E-state index contributed by atoms with van der Waals surface area (Å²) in [5.41, 5.74) is 9.95. The Bertz CT molecular complexity index is 1000. The fourth-order valence-electron chi connectivity index (χ4n) is 2.60. The first kappa shape index (κ1) is 14.2. The van der Waals surface area contributed by atoms with E-state index >= 15 is 0 Å². The molecule has 4 aromatic rings. The topological polar surface area (TPSA) is 98.9 Å². The van der Waals surface area contributed by atoms with Crippen LogP contribution >= 0.6 is 0 Å². The standard InChI is InChI=1S/C16H15N7O/c1-22(2)10-3-5-11(6-4-10)23-13-7-8-18-9-12(13)19-16(23)14-15(17)21-24-20-14/h3-9H,1-2H3,(H2,17,21). The van der Waals surface area contributed by atoms with Gasteiger partial charge < -0.3 is 10.6 Å². The lowest BCUT2D eigenvalue weighted by atomic mass is 10.2. The number of hydrogen-bond donors (Lipinski definition) is 1. The Hall–Kier alpha value is -3.42. The van der Waals surface area contributed by atoms with E-state index < -0.39 is 0 Å². The molecular weight excluding hydrogens is 306 g/mol. The van der Waals surface area contributed by atoms with Crippen LogP contribution in [-0.2, 0) is 0 Å². The maximum absolute atomic E-state index is 5.86. The summed E-state index contributed by atoms with van der Waals surface area (Å²) in [4.78, 5) is 10.8. The molecule has 0 saturated heterocycles. The Kier molecular flexibility index (Phi) is 3.16. The maximum atomic E-state index is 5.86. The molecule has 0 aliphatic carbocycles. The van der Waals surface area contributed by atoms with E-state index in [-0.39, 0.29) is 5.82 Å². The van der Waals surface area contributed by atoms with Gasteiger partial charge in [-0.25, -0.2) is 9.61 Å². The number of hydrogen-bond acceptors (Lipinski definition) is 7. The summed E-state index contributed by atoms with van der Waals surface area (Å²) >= 11 is 0. The number of anilines is 2. The summed E-state index contributed by atoms with van der Waals surface area (Å²) < 4.78 is 6.70. The van der Waals surface area contributed by atoms with Gasteiger partial charge in [0.2, 0.25) is 0 Å². The molecule has 24 heavy (non-hydrogen) atoms. The second-order valence-electron chi connectivity index (χ2n) is 5.54. The molecule has 0 aliphatic rings. The van der Waals surface area contributed by atoms with E-state index in [1.165, 1.54) is 0 Å². The molecule has 0 saturated carbocycles. The van der Waals surface area contributed by atoms with E-state index in [2.05, 4.69) is 20.3 Å². The quantitative estimate of drug-likeness (QED) is 0.617. The first-order valence-electron chi connectivity index (χ1n) is 7.34. The van der Waals surface area contributed by atoms with Gasteiger partial charge in [0.1, 0.15) is 5.52 Å². The normalized spacial score (nSPS) is 11.1. The highest BCUT2D eigenvalue weighted by Gasteiger charge is 2.20. The summed E-state index contributed by atoms with van der Waals surface area (Å²) in [6, 6.07) is 10.0. The van der Waals surface area contributed by atoms with Crippen LogP contribution in [0.15, 0.2) is 47.4 Å². The summed E-state index contributed by atoms with van der Waals surface area (Å²) in [6.07, 6.45) is 3.43. The van der Waals surface area contributed by atoms with Gasteiger partial charge >= 0.3 is 0 Å². The highest BCUT2D eigenvalue weighted by atomic mass is 16.6. The van der Waals surface area contributed by atoms with Crippen molar-refractivity contribution >= 4 is 22.5 Å². The Labute approximate surface area is 137 Å². The van der Waals surface area contributed by atoms with Crippen LogP contribution in [0.4, 0.5) is 11.5 Å². The molecule has 3 heterocycles. The SMILES string of the molecule is CN(C)c1ccc(-n2c(-c3nonc3N)nc3cnccc32)cc1. The van der Waals surface area contributed by atoms with E-state index in [0.717, 1.165) is 22.4 Å². The third-order valence-corrected chi connectivity index (χ3v) is 3.81. The van der Waals surface area contributed by atoms with Crippen LogP contribution in [-0.4, -0.2) is 38.9 Å². The van der Waals surface area contributed by atoms with Crippen molar-refractivity contribution in [2.24, 2.45) is 0 Å². The van der Waals surface area contributed by atoms with Gasteiger partial charge in [-0.1, -0.05) is 0 Å². The van der Waals surface area contributed by atoms with Crippen LogP contribution in [0, 0.1) is 0 Å². The Balaban J connectivity index is 1.97. The summed E-state index contributed by atoms with van der Waals surface area (Å²) in [5, 5.41) is 7.54. The predicted octanol–water partition coefficient (Wildman–Crippen LogP) is 2.12. The highest BCUT2D eigenvalue weighted by molar-refractivity contribution is 5.83. The zero-order valence-electron chi connectivity index (χ0n) is 13.2. The largest absolute Gasteiger partial charge is 0.379 e. The number of aromatic nitrogens is 5. The van der Waals surface area contributed by atoms with Crippen molar-refractivity contribution in [2.75, 3.05) is 24.7 Å². The van der Waals surface area contributed by atoms with Crippen LogP contribution in [0.1, 0.15) is 0 Å². The van der Waals surface area contributed by atoms with Crippen molar-refractivity contribution in [1.82, 2.24) is 24.8 Å². The molecule has 4 rings (SSSR count). The predicted molar refractivity (Wildman–Crippen MR) is 90.9 cm³/mol. The fraction of sp³-hybridized carbons (Fsp3) is 0.125. The molecule has 0 atom stereocenters. The minimum Gasteiger partial charge on any atom is -0.379 e. The molecule has 0 fully saturated rings. The Morgan fingerprint density at radius 2 is 1.88 bits per heavy atom. The molecule has 0 radical (unpaired) electrons. The molecule has 8 heteroatoms. The molecule has 2 N–H and O–H groups in total. The lowest BCUT2D eigenvalue weighted by Gasteiger charge is -2.14. The highest BCUT2D eigenvalue weighted by Crippen LogP contribution is 2.30. The minimum absolute atomic E-state index is 0.199. The molecular formula is C16H15N7O. The number of imidazole rings is 1. The van der Waals surface area contributed by atoms with Gasteiger partial charge in [0.15, 0.2) is 17.3 Å². The molecule has 3 aromatic heterocycles. The van der Waals surface area contributed by atoms with Gasteiger partial charge in [-0.15, -0.1) is 0 Å². The lowest BCUT2D eigenvalue weighted by molar-refractivity contribution is 0.310. The van der Waals surface area contributed by atoms with Crippen LogP contribution < -0.4 is 10.6 Å². The molecule has 0 spiro atoms. The molecule has 0 bridgehead atoms. The van der Waals surface area contributed by atoms with Crippen molar-refractivity contribution in [3.05, 3.63) is 42.7 Å². The van der Waals surface area contributed by atoms with Gasteiger partial charge in [0, 0.05) is 31.7 Å². The number of nitrogen functional groups attached to an aromatic ring is 1. The maximum Gasteiger partial charge on any atom is 0.199 e. The van der Waals surface area contributed by atoms with E-state index in [4.69, 9.17) is 10.4 Å². The minimum atomic E-state index is 0.199. The second-order valence-corrected chi connectivity index (χ2v) is 5.54. The van der Waals surface area contributed by atoms with Crippen molar-refractivity contribution in [1.29, 1.82) is 0 Å². The number of pyridine rings is 1. The van der Waals surface area contributed by atoms with Crippen LogP contribution in [0.5, 0.6) is 0 Å². The summed E-state index contributed by atoms with van der Waals surface area (Å²) in [5.74, 6) is 0.763. The Morgan fingerprint density at radius 3 is 2.54 bits per heavy atom. The summed E-state index contributed by atoms with van der Waals surface area (Å²) in [6.45, 7) is 0. The number of nitrogens with two attached hydrogens (primary N) is 1. The first-order chi connectivity index (χ1) is 11.6. The van der Waals surface area contributed by atoms with Gasteiger partial charge in [0.05, 0.1) is 11.7 Å². The van der Waals surface area contributed by atoms with Crippen molar-refractivity contribution in [3.63, 3.8) is 0 Å². The van der Waals surface area contributed by atoms with E-state index in [1.807, 2.05) is 53.9 Å². The molecule has 120 valence electrons. The zero-order chi connectivity index (χ0) is 16.7. The van der Waals surface area contributed by atoms with E-state index in [9.17, 15) is 0 Å². The molecule has 0 aliphatic heterocycles. The number of benzene rings is 1. The first-order valence-corrected chi connectivity index (χ1v) is 7.34. The smallest absolute Gasteiger partial charge is 0.199 e. The van der Waals surface area contributed by atoms with Crippen molar-refractivity contribution < 1.29 is 4.63 Å². The average molecular weight is 321 g/mol. The van der Waals surface area contributed by atoms with Gasteiger partial charge in [-0.05, 0) is 40.6 Å². The zero-order valence-corrected chi connectivity index (χ0v) is 13.2. The molecule has 0 amide bonds. The third-order valence-electron chi connectivity index (χ3n) is 3.81. The molecule has 8 nitrogen and oxygen atoms in total. The third kappa shape index (κ3) is 2.16. The van der Waals surface area contributed by atoms with Crippen LogP contribution in [0.2, 0.25) is 0 Å². The number of nitrogens with zero attached hydrogens (tertiary/aromatic N) is 6. The second kappa shape index (κ2) is 5.34. The van der Waals surface area contributed by atoms with Gasteiger partial charge in [0.25, 0.3) is 0 Å². The summed E-state index contributed by atoms with van der Waals surface area (Å²) in [7, 11) is 4.00. The van der Waals surface area contributed by atoms with Gasteiger partial charge in [-0.2, -0.15) is 0 Å². The monoisotopic (exact) mass is 321 g/mol. The average Bonchev–Trinajstić information content (AvgIpc) is 3.17. The van der Waals surface area contributed by atoms with Crippen molar-refractivity contribution in [2.45, 2.75) is 0 Å². The lowest BCUT2D eigenvalue weighted by Crippen LogP contribution is -2.08. The van der Waals surface area contributed by atoms with Crippen LogP contribution in [0.25, 0.3) is 28.2 Å². The van der Waals surface area contributed by atoms with E-state index in [1.54, 1.807) is 12.4 Å². The Morgan fingerprint density at radius 1 is 1.08 bits per heavy atom. The molecule has 1 aromatic carbocycles. The van der Waals surface area contributed by atoms with Gasteiger partial charge in [-0.3, -0.25) is 9.55 Å². The molecule has 0 unspecified atom stereocenters. The van der Waals surface area contributed by atoms with E-state index in [0.29, 0.717) is 11.5 Å². The van der Waals surface area contributed by atoms with Crippen molar-refractivity contribution in [3.8, 4) is 17.2 Å². The fourth-order valence-corrected chi connectivity index (χ4v) is 2.60. The number of rotatable bonds is 3.